The molecular formula is C10H17N3O2S. The molecule has 0 saturated carbocycles. The SMILES string of the molecule is CC1CCN(S(=O)(=O)c2ccn[nH]2)C(C)C1. The maximum absolute atomic E-state index is 12.2. The lowest BCUT2D eigenvalue weighted by Gasteiger charge is -2.34. The van der Waals surface area contributed by atoms with Gasteiger partial charge < -0.3 is 0 Å². The normalized spacial score (nSPS) is 28.1. The minimum absolute atomic E-state index is 0.0667. The molecule has 2 unspecified atom stereocenters. The van der Waals surface area contributed by atoms with Crippen LogP contribution in [0.4, 0.5) is 0 Å². The first-order valence-corrected chi connectivity index (χ1v) is 6.97. The summed E-state index contributed by atoms with van der Waals surface area (Å²) in [5.41, 5.74) is 0. The monoisotopic (exact) mass is 243 g/mol. The van der Waals surface area contributed by atoms with E-state index in [9.17, 15) is 8.42 Å². The summed E-state index contributed by atoms with van der Waals surface area (Å²) < 4.78 is 26.0. The predicted octanol–water partition coefficient (Wildman–Crippen LogP) is 1.22. The Morgan fingerprint density at radius 1 is 1.50 bits per heavy atom. The molecule has 1 N–H and O–H groups in total. The zero-order valence-electron chi connectivity index (χ0n) is 9.55. The van der Waals surface area contributed by atoms with Crippen LogP contribution in [0, 0.1) is 5.92 Å². The minimum atomic E-state index is -3.38. The summed E-state index contributed by atoms with van der Waals surface area (Å²) in [5.74, 6) is 0.600. The first-order chi connectivity index (χ1) is 7.51. The van der Waals surface area contributed by atoms with E-state index in [0.29, 0.717) is 12.5 Å². The molecule has 0 spiro atoms. The summed E-state index contributed by atoms with van der Waals surface area (Å²) in [4.78, 5) is 0. The van der Waals surface area contributed by atoms with Gasteiger partial charge in [0.15, 0.2) is 5.03 Å². The molecule has 2 heterocycles. The molecule has 90 valence electrons. The Labute approximate surface area is 95.9 Å². The maximum atomic E-state index is 12.2. The number of rotatable bonds is 2. The highest BCUT2D eigenvalue weighted by atomic mass is 32.2. The van der Waals surface area contributed by atoms with Gasteiger partial charge in [0.1, 0.15) is 0 Å². The Morgan fingerprint density at radius 2 is 2.25 bits per heavy atom. The van der Waals surface area contributed by atoms with Crippen molar-refractivity contribution in [1.29, 1.82) is 0 Å². The van der Waals surface area contributed by atoms with Crippen molar-refractivity contribution < 1.29 is 8.42 Å². The average Bonchev–Trinajstić information content (AvgIpc) is 2.69. The van der Waals surface area contributed by atoms with Gasteiger partial charge in [-0.3, -0.25) is 5.10 Å². The standard InChI is InChI=1S/C10H17N3O2S/c1-8-4-6-13(9(2)7-8)16(14,15)10-3-5-11-12-10/h3,5,8-9H,4,6-7H2,1-2H3,(H,11,12). The summed E-state index contributed by atoms with van der Waals surface area (Å²) in [6, 6.07) is 1.57. The Bertz CT molecular complexity index is 441. The van der Waals surface area contributed by atoms with Gasteiger partial charge in [0.2, 0.25) is 0 Å². The van der Waals surface area contributed by atoms with Crippen molar-refractivity contribution in [1.82, 2.24) is 14.5 Å². The van der Waals surface area contributed by atoms with Gasteiger partial charge in [-0.25, -0.2) is 8.42 Å². The molecule has 2 atom stereocenters. The second-order valence-electron chi connectivity index (χ2n) is 4.52. The Morgan fingerprint density at radius 3 is 2.81 bits per heavy atom. The first-order valence-electron chi connectivity index (χ1n) is 5.53. The van der Waals surface area contributed by atoms with Crippen molar-refractivity contribution in [3.05, 3.63) is 12.3 Å². The molecule has 2 rings (SSSR count). The van der Waals surface area contributed by atoms with Crippen molar-refractivity contribution in [2.75, 3.05) is 6.54 Å². The van der Waals surface area contributed by atoms with E-state index in [0.717, 1.165) is 12.8 Å². The van der Waals surface area contributed by atoms with Gasteiger partial charge in [0.25, 0.3) is 10.0 Å². The lowest BCUT2D eigenvalue weighted by atomic mass is 9.95. The van der Waals surface area contributed by atoms with E-state index in [1.54, 1.807) is 4.31 Å². The molecule has 1 aliphatic heterocycles. The van der Waals surface area contributed by atoms with Gasteiger partial charge in [-0.1, -0.05) is 6.92 Å². The summed E-state index contributed by atoms with van der Waals surface area (Å²) in [5, 5.41) is 6.41. The fraction of sp³-hybridized carbons (Fsp3) is 0.700. The number of aromatic nitrogens is 2. The van der Waals surface area contributed by atoms with E-state index in [4.69, 9.17) is 0 Å². The molecule has 1 aromatic heterocycles. The van der Waals surface area contributed by atoms with Crippen LogP contribution in [0.1, 0.15) is 26.7 Å². The van der Waals surface area contributed by atoms with Crippen LogP contribution < -0.4 is 0 Å². The third-order valence-corrected chi connectivity index (χ3v) is 5.08. The highest BCUT2D eigenvalue weighted by Crippen LogP contribution is 2.27. The van der Waals surface area contributed by atoms with Crippen LogP contribution in [0.2, 0.25) is 0 Å². The molecule has 1 saturated heterocycles. The fourth-order valence-corrected chi connectivity index (χ4v) is 3.82. The third-order valence-electron chi connectivity index (χ3n) is 3.14. The maximum Gasteiger partial charge on any atom is 0.260 e. The predicted molar refractivity (Wildman–Crippen MR) is 60.3 cm³/mol. The Kier molecular flexibility index (Phi) is 3.03. The van der Waals surface area contributed by atoms with Gasteiger partial charge in [0, 0.05) is 12.6 Å². The summed E-state index contributed by atoms with van der Waals surface area (Å²) in [7, 11) is -3.38. The largest absolute Gasteiger partial charge is 0.266 e. The zero-order chi connectivity index (χ0) is 11.8. The van der Waals surface area contributed by atoms with Crippen LogP contribution in [0.25, 0.3) is 0 Å². The molecule has 1 fully saturated rings. The van der Waals surface area contributed by atoms with Gasteiger partial charge in [-0.05, 0) is 31.7 Å². The Hall–Kier alpha value is -0.880. The summed E-state index contributed by atoms with van der Waals surface area (Å²) in [6.45, 7) is 4.73. The van der Waals surface area contributed by atoms with E-state index < -0.39 is 10.0 Å². The average molecular weight is 243 g/mol. The quantitative estimate of drug-likeness (QED) is 0.849. The molecule has 6 heteroatoms. The lowest BCUT2D eigenvalue weighted by molar-refractivity contribution is 0.219. The van der Waals surface area contributed by atoms with Gasteiger partial charge >= 0.3 is 0 Å². The fourth-order valence-electron chi connectivity index (χ4n) is 2.26. The summed E-state index contributed by atoms with van der Waals surface area (Å²) >= 11 is 0. The second kappa shape index (κ2) is 4.18. The number of H-pyrrole nitrogens is 1. The highest BCUT2D eigenvalue weighted by molar-refractivity contribution is 7.89. The Balaban J connectivity index is 2.25. The van der Waals surface area contributed by atoms with Crippen LogP contribution >= 0.6 is 0 Å². The van der Waals surface area contributed by atoms with Gasteiger partial charge in [0.05, 0.1) is 6.20 Å². The molecule has 0 bridgehead atoms. The molecule has 0 amide bonds. The number of hydrogen-bond acceptors (Lipinski definition) is 3. The zero-order valence-corrected chi connectivity index (χ0v) is 10.4. The van der Waals surface area contributed by atoms with Crippen LogP contribution in [-0.2, 0) is 10.0 Å². The van der Waals surface area contributed by atoms with Crippen molar-refractivity contribution in [2.45, 2.75) is 37.8 Å². The van der Waals surface area contributed by atoms with Crippen LogP contribution in [0.15, 0.2) is 17.3 Å². The molecular weight excluding hydrogens is 226 g/mol. The van der Waals surface area contributed by atoms with Crippen LogP contribution in [0.5, 0.6) is 0 Å². The van der Waals surface area contributed by atoms with E-state index in [1.807, 2.05) is 6.92 Å². The molecule has 0 radical (unpaired) electrons. The second-order valence-corrected chi connectivity index (χ2v) is 6.37. The number of sulfonamides is 1. The van der Waals surface area contributed by atoms with Crippen molar-refractivity contribution in [2.24, 2.45) is 5.92 Å². The molecule has 16 heavy (non-hydrogen) atoms. The van der Waals surface area contributed by atoms with Crippen LogP contribution in [0.3, 0.4) is 0 Å². The number of nitrogens with one attached hydrogen (secondary N) is 1. The van der Waals surface area contributed by atoms with Gasteiger partial charge in [-0.15, -0.1) is 0 Å². The summed E-state index contributed by atoms with van der Waals surface area (Å²) in [6.07, 6.45) is 3.31. The number of aromatic amines is 1. The van der Waals surface area contributed by atoms with Gasteiger partial charge in [-0.2, -0.15) is 9.40 Å². The molecule has 1 aliphatic rings. The van der Waals surface area contributed by atoms with E-state index in [1.165, 1.54) is 12.3 Å². The number of hydrogen-bond donors (Lipinski definition) is 1. The molecule has 0 aliphatic carbocycles. The lowest BCUT2D eigenvalue weighted by Crippen LogP contribution is -2.44. The van der Waals surface area contributed by atoms with E-state index >= 15 is 0 Å². The topological polar surface area (TPSA) is 66.1 Å². The number of nitrogens with zero attached hydrogens (tertiary/aromatic N) is 2. The molecule has 1 aromatic rings. The van der Waals surface area contributed by atoms with Crippen LogP contribution in [-0.4, -0.2) is 35.5 Å². The molecule has 5 nitrogen and oxygen atoms in total. The van der Waals surface area contributed by atoms with Crippen molar-refractivity contribution in [3.8, 4) is 0 Å². The van der Waals surface area contributed by atoms with E-state index in [-0.39, 0.29) is 11.1 Å². The van der Waals surface area contributed by atoms with Crippen molar-refractivity contribution >= 4 is 10.0 Å². The number of piperidine rings is 1. The van der Waals surface area contributed by atoms with E-state index in [2.05, 4.69) is 17.1 Å². The third kappa shape index (κ3) is 1.99. The smallest absolute Gasteiger partial charge is 0.260 e. The molecule has 0 aromatic carbocycles. The van der Waals surface area contributed by atoms with Crippen molar-refractivity contribution in [3.63, 3.8) is 0 Å². The highest BCUT2D eigenvalue weighted by Gasteiger charge is 2.33. The first kappa shape index (κ1) is 11.6. The minimum Gasteiger partial charge on any atom is -0.266 e.